The van der Waals surface area contributed by atoms with E-state index < -0.39 is 0 Å². The van der Waals surface area contributed by atoms with Gasteiger partial charge in [0.15, 0.2) is 5.96 Å². The van der Waals surface area contributed by atoms with Crippen LogP contribution in [0.1, 0.15) is 19.9 Å². The molecule has 2 heterocycles. The van der Waals surface area contributed by atoms with Gasteiger partial charge in [-0.2, -0.15) is 10.1 Å². The fourth-order valence-electron chi connectivity index (χ4n) is 2.35. The number of thiazole rings is 1. The van der Waals surface area contributed by atoms with Gasteiger partial charge in [0.1, 0.15) is 5.69 Å². The van der Waals surface area contributed by atoms with Crippen molar-refractivity contribution in [2.45, 2.75) is 19.9 Å². The summed E-state index contributed by atoms with van der Waals surface area (Å²) >= 11 is 1.33. The van der Waals surface area contributed by atoms with Gasteiger partial charge in [-0.1, -0.05) is 41.7 Å². The zero-order valence-electron chi connectivity index (χ0n) is 13.9. The van der Waals surface area contributed by atoms with Gasteiger partial charge in [0, 0.05) is 11.6 Å². The van der Waals surface area contributed by atoms with Crippen LogP contribution in [0.2, 0.25) is 0 Å². The molecular formula is C17H18N6OS. The van der Waals surface area contributed by atoms with E-state index in [1.54, 1.807) is 6.07 Å². The molecule has 2 aromatic heterocycles. The SMILES string of the molecule is CC(C)n1nc(-c2sc(N=C(N)N)nc2-c2ccccc2)ccc1=O. The number of hydrogen-bond donors (Lipinski definition) is 2. The Labute approximate surface area is 148 Å². The molecule has 0 radical (unpaired) electrons. The Balaban J connectivity index is 2.21. The number of hydrogen-bond acceptors (Lipinski definition) is 5. The average Bonchev–Trinajstić information content (AvgIpc) is 2.99. The summed E-state index contributed by atoms with van der Waals surface area (Å²) in [5, 5.41) is 4.93. The van der Waals surface area contributed by atoms with E-state index in [9.17, 15) is 4.79 Å². The molecule has 0 aliphatic carbocycles. The molecule has 0 fully saturated rings. The highest BCUT2D eigenvalue weighted by Gasteiger charge is 2.17. The van der Waals surface area contributed by atoms with Gasteiger partial charge in [-0.3, -0.25) is 4.79 Å². The molecule has 0 spiro atoms. The highest BCUT2D eigenvalue weighted by molar-refractivity contribution is 7.19. The van der Waals surface area contributed by atoms with E-state index in [1.165, 1.54) is 22.1 Å². The summed E-state index contributed by atoms with van der Waals surface area (Å²) in [5.74, 6) is -0.0555. The summed E-state index contributed by atoms with van der Waals surface area (Å²) in [6.45, 7) is 3.82. The number of guanidine groups is 1. The number of nitrogens with zero attached hydrogens (tertiary/aromatic N) is 4. The molecule has 128 valence electrons. The lowest BCUT2D eigenvalue weighted by Crippen LogP contribution is -2.23. The van der Waals surface area contributed by atoms with Crippen molar-refractivity contribution in [1.29, 1.82) is 0 Å². The molecule has 0 unspecified atom stereocenters. The molecule has 1 aromatic carbocycles. The van der Waals surface area contributed by atoms with Crippen LogP contribution in [-0.2, 0) is 0 Å². The molecule has 0 aliphatic rings. The molecule has 0 atom stereocenters. The second kappa shape index (κ2) is 6.86. The third kappa shape index (κ3) is 3.58. The monoisotopic (exact) mass is 354 g/mol. The molecule has 7 nitrogen and oxygen atoms in total. The Morgan fingerprint density at radius 2 is 1.88 bits per heavy atom. The van der Waals surface area contributed by atoms with Crippen LogP contribution >= 0.6 is 11.3 Å². The average molecular weight is 354 g/mol. The zero-order valence-corrected chi connectivity index (χ0v) is 14.7. The lowest BCUT2D eigenvalue weighted by molar-refractivity contribution is 0.505. The molecule has 0 saturated heterocycles. The Hall–Kier alpha value is -3.00. The lowest BCUT2D eigenvalue weighted by atomic mass is 10.1. The van der Waals surface area contributed by atoms with Crippen molar-refractivity contribution in [3.63, 3.8) is 0 Å². The zero-order chi connectivity index (χ0) is 18.0. The predicted octanol–water partition coefficient (Wildman–Crippen LogP) is 2.52. The first-order chi connectivity index (χ1) is 12.0. The Bertz CT molecular complexity index is 970. The van der Waals surface area contributed by atoms with Gasteiger partial charge in [0.2, 0.25) is 5.13 Å². The first-order valence-corrected chi connectivity index (χ1v) is 8.53. The van der Waals surface area contributed by atoms with Crippen molar-refractivity contribution in [2.75, 3.05) is 0 Å². The van der Waals surface area contributed by atoms with Gasteiger partial charge >= 0.3 is 0 Å². The molecule has 0 bridgehead atoms. The number of rotatable bonds is 4. The number of benzene rings is 1. The van der Waals surface area contributed by atoms with Gasteiger partial charge in [-0.15, -0.1) is 0 Å². The Morgan fingerprint density at radius 1 is 1.16 bits per heavy atom. The van der Waals surface area contributed by atoms with Gasteiger partial charge < -0.3 is 11.5 Å². The minimum absolute atomic E-state index is 0.0438. The number of nitrogens with two attached hydrogens (primary N) is 2. The van der Waals surface area contributed by atoms with Crippen LogP contribution in [0.3, 0.4) is 0 Å². The first kappa shape index (κ1) is 16.8. The second-order valence-electron chi connectivity index (χ2n) is 5.67. The van der Waals surface area contributed by atoms with E-state index in [2.05, 4.69) is 15.1 Å². The minimum atomic E-state index is -0.144. The smallest absolute Gasteiger partial charge is 0.267 e. The van der Waals surface area contributed by atoms with Crippen molar-refractivity contribution in [2.24, 2.45) is 16.5 Å². The lowest BCUT2D eigenvalue weighted by Gasteiger charge is -2.09. The minimum Gasteiger partial charge on any atom is -0.370 e. The standard InChI is InChI=1S/C17H18N6OS/c1-10(2)23-13(24)9-8-12(22-23)15-14(11-6-4-3-5-7-11)20-17(25-15)21-16(18)19/h3-10H,1-2H3,(H4,18,19,20,21). The van der Waals surface area contributed by atoms with Crippen molar-refractivity contribution in [3.8, 4) is 21.8 Å². The van der Waals surface area contributed by atoms with Crippen LogP contribution in [0.25, 0.3) is 21.8 Å². The fraction of sp³-hybridized carbons (Fsp3) is 0.176. The number of aliphatic imine (C=N–C) groups is 1. The summed E-state index contributed by atoms with van der Waals surface area (Å²) in [6, 6.07) is 12.9. The normalized spacial score (nSPS) is 10.8. The second-order valence-corrected chi connectivity index (χ2v) is 6.65. The quantitative estimate of drug-likeness (QED) is 0.552. The number of aromatic nitrogens is 3. The molecule has 0 amide bonds. The van der Waals surface area contributed by atoms with Gasteiger partial charge in [-0.25, -0.2) is 9.67 Å². The largest absolute Gasteiger partial charge is 0.370 e. The van der Waals surface area contributed by atoms with Crippen LogP contribution in [0, 0.1) is 0 Å². The van der Waals surface area contributed by atoms with Crippen LogP contribution in [0.5, 0.6) is 0 Å². The molecular weight excluding hydrogens is 336 g/mol. The third-order valence-electron chi connectivity index (χ3n) is 3.43. The van der Waals surface area contributed by atoms with Crippen LogP contribution in [-0.4, -0.2) is 20.7 Å². The topological polar surface area (TPSA) is 112 Å². The van der Waals surface area contributed by atoms with E-state index in [4.69, 9.17) is 11.5 Å². The van der Waals surface area contributed by atoms with Gasteiger partial charge in [-0.05, 0) is 19.9 Å². The third-order valence-corrected chi connectivity index (χ3v) is 4.41. The Kier molecular flexibility index (Phi) is 4.62. The van der Waals surface area contributed by atoms with E-state index in [-0.39, 0.29) is 17.6 Å². The van der Waals surface area contributed by atoms with E-state index in [1.807, 2.05) is 44.2 Å². The molecule has 3 aromatic rings. The summed E-state index contributed by atoms with van der Waals surface area (Å²) in [6.07, 6.45) is 0. The van der Waals surface area contributed by atoms with Crippen molar-refractivity contribution in [3.05, 3.63) is 52.8 Å². The van der Waals surface area contributed by atoms with Gasteiger partial charge in [0.25, 0.3) is 5.56 Å². The molecule has 8 heteroatoms. The molecule has 0 aliphatic heterocycles. The van der Waals surface area contributed by atoms with Crippen LogP contribution in [0.15, 0.2) is 52.3 Å². The maximum atomic E-state index is 12.0. The van der Waals surface area contributed by atoms with E-state index in [0.29, 0.717) is 10.8 Å². The van der Waals surface area contributed by atoms with Crippen molar-refractivity contribution < 1.29 is 0 Å². The highest BCUT2D eigenvalue weighted by atomic mass is 32.1. The van der Waals surface area contributed by atoms with Crippen molar-refractivity contribution >= 4 is 22.4 Å². The van der Waals surface area contributed by atoms with E-state index >= 15 is 0 Å². The molecule has 4 N–H and O–H groups in total. The van der Waals surface area contributed by atoms with Crippen molar-refractivity contribution in [1.82, 2.24) is 14.8 Å². The van der Waals surface area contributed by atoms with E-state index in [0.717, 1.165) is 16.1 Å². The van der Waals surface area contributed by atoms with Crippen LogP contribution in [0.4, 0.5) is 5.13 Å². The maximum absolute atomic E-state index is 12.0. The molecule has 3 rings (SSSR count). The molecule has 0 saturated carbocycles. The van der Waals surface area contributed by atoms with Crippen LogP contribution < -0.4 is 17.0 Å². The van der Waals surface area contributed by atoms with Gasteiger partial charge in [0.05, 0.1) is 16.6 Å². The highest BCUT2D eigenvalue weighted by Crippen LogP contribution is 2.38. The summed E-state index contributed by atoms with van der Waals surface area (Å²) in [7, 11) is 0. The summed E-state index contributed by atoms with van der Waals surface area (Å²) in [5.41, 5.74) is 13.1. The Morgan fingerprint density at radius 3 is 2.52 bits per heavy atom. The fourth-order valence-corrected chi connectivity index (χ4v) is 3.29. The maximum Gasteiger partial charge on any atom is 0.267 e. The summed E-state index contributed by atoms with van der Waals surface area (Å²) < 4.78 is 1.45. The summed E-state index contributed by atoms with van der Waals surface area (Å²) in [4.78, 5) is 21.4. The predicted molar refractivity (Wildman–Crippen MR) is 101 cm³/mol. The molecule has 25 heavy (non-hydrogen) atoms. The first-order valence-electron chi connectivity index (χ1n) is 7.72.